The summed E-state index contributed by atoms with van der Waals surface area (Å²) in [6, 6.07) is 3.33. The average molecular weight is 419 g/mol. The lowest BCUT2D eigenvalue weighted by Gasteiger charge is -2.24. The van der Waals surface area contributed by atoms with Gasteiger partial charge in [0.1, 0.15) is 5.76 Å². The molecule has 0 fully saturated rings. The fourth-order valence-corrected chi connectivity index (χ4v) is 3.21. The van der Waals surface area contributed by atoms with Crippen LogP contribution in [0.4, 0.5) is 13.2 Å². The van der Waals surface area contributed by atoms with Gasteiger partial charge in [0.15, 0.2) is 5.78 Å². The van der Waals surface area contributed by atoms with Crippen molar-refractivity contribution in [3.8, 4) is 0 Å². The Balaban J connectivity index is 2.26. The molecule has 1 aliphatic carbocycles. The molecule has 2 rings (SSSR count). The number of alkyl halides is 3. The van der Waals surface area contributed by atoms with Gasteiger partial charge in [-0.1, -0.05) is 15.9 Å². The standard InChI is InChI=1S/C17H18BrF3N2O2/c1-22-4-5-23-9-13-15(24)6-10(7-16(13)25)12-8-11(17(19,20)21)2-3-14(12)18/h2-3,8-10,22,24H,4-7H2,1H3. The van der Waals surface area contributed by atoms with Gasteiger partial charge in [-0.2, -0.15) is 13.2 Å². The Morgan fingerprint density at radius 3 is 2.72 bits per heavy atom. The molecule has 2 N–H and O–H groups in total. The maximum absolute atomic E-state index is 12.9. The molecular weight excluding hydrogens is 401 g/mol. The van der Waals surface area contributed by atoms with Gasteiger partial charge in [-0.05, 0) is 36.7 Å². The molecule has 0 amide bonds. The monoisotopic (exact) mass is 418 g/mol. The van der Waals surface area contributed by atoms with E-state index >= 15 is 0 Å². The average Bonchev–Trinajstić information content (AvgIpc) is 2.52. The second kappa shape index (κ2) is 8.14. The van der Waals surface area contributed by atoms with Crippen LogP contribution in [0.15, 0.2) is 39.0 Å². The lowest BCUT2D eigenvalue weighted by Crippen LogP contribution is -2.20. The van der Waals surface area contributed by atoms with Crippen LogP contribution in [-0.2, 0) is 11.0 Å². The van der Waals surface area contributed by atoms with E-state index in [1.165, 1.54) is 12.3 Å². The van der Waals surface area contributed by atoms with Crippen LogP contribution in [0.2, 0.25) is 0 Å². The van der Waals surface area contributed by atoms with Gasteiger partial charge in [0.25, 0.3) is 0 Å². The number of aliphatic imine (C=N–C) groups is 1. The zero-order valence-corrected chi connectivity index (χ0v) is 15.1. The maximum atomic E-state index is 12.9. The van der Waals surface area contributed by atoms with Gasteiger partial charge in [0.05, 0.1) is 17.7 Å². The van der Waals surface area contributed by atoms with Gasteiger partial charge < -0.3 is 10.4 Å². The predicted molar refractivity (Wildman–Crippen MR) is 93.1 cm³/mol. The highest BCUT2D eigenvalue weighted by Gasteiger charge is 2.34. The van der Waals surface area contributed by atoms with Crippen molar-refractivity contribution in [3.05, 3.63) is 45.1 Å². The molecule has 1 atom stereocenters. The first-order chi connectivity index (χ1) is 11.7. The van der Waals surface area contributed by atoms with E-state index in [0.29, 0.717) is 23.1 Å². The number of ketones is 1. The minimum absolute atomic E-state index is 0.0252. The highest BCUT2D eigenvalue weighted by molar-refractivity contribution is 9.10. The van der Waals surface area contributed by atoms with E-state index in [0.717, 1.165) is 12.1 Å². The van der Waals surface area contributed by atoms with Crippen LogP contribution in [0, 0.1) is 0 Å². The van der Waals surface area contributed by atoms with Crippen molar-refractivity contribution in [1.82, 2.24) is 5.32 Å². The molecule has 8 heteroatoms. The zero-order valence-electron chi connectivity index (χ0n) is 13.5. The number of benzene rings is 1. The van der Waals surface area contributed by atoms with Crippen molar-refractivity contribution in [1.29, 1.82) is 0 Å². The Morgan fingerprint density at radius 1 is 1.40 bits per heavy atom. The van der Waals surface area contributed by atoms with Crippen LogP contribution in [0.1, 0.15) is 29.9 Å². The van der Waals surface area contributed by atoms with Crippen LogP contribution in [0.3, 0.4) is 0 Å². The summed E-state index contributed by atoms with van der Waals surface area (Å²) in [4.78, 5) is 16.3. The number of carbonyl (C=O) groups is 1. The Morgan fingerprint density at radius 2 is 2.12 bits per heavy atom. The molecule has 1 unspecified atom stereocenters. The van der Waals surface area contributed by atoms with E-state index in [2.05, 4.69) is 26.2 Å². The summed E-state index contributed by atoms with van der Waals surface area (Å²) in [5.41, 5.74) is -0.280. The predicted octanol–water partition coefficient (Wildman–Crippen LogP) is 4.02. The normalized spacial score (nSPS) is 19.1. The third kappa shape index (κ3) is 4.92. The minimum Gasteiger partial charge on any atom is -0.511 e. The van der Waals surface area contributed by atoms with Gasteiger partial charge in [0, 0.05) is 30.1 Å². The molecule has 136 valence electrons. The molecule has 4 nitrogen and oxygen atoms in total. The number of Topliss-reactive ketones (excluding diaryl/α,β-unsaturated/α-hetero) is 1. The van der Waals surface area contributed by atoms with E-state index in [1.807, 2.05) is 0 Å². The van der Waals surface area contributed by atoms with E-state index in [-0.39, 0.29) is 30.0 Å². The molecule has 0 heterocycles. The van der Waals surface area contributed by atoms with E-state index in [4.69, 9.17) is 0 Å². The molecule has 0 bridgehead atoms. The number of hydrogen-bond acceptors (Lipinski definition) is 4. The Hall–Kier alpha value is -1.67. The largest absolute Gasteiger partial charge is 0.511 e. The Kier molecular flexibility index (Phi) is 6.40. The number of hydrogen-bond donors (Lipinski definition) is 2. The van der Waals surface area contributed by atoms with Gasteiger partial charge in [-0.25, -0.2) is 0 Å². The lowest BCUT2D eigenvalue weighted by molar-refractivity contribution is -0.137. The lowest BCUT2D eigenvalue weighted by atomic mass is 9.82. The van der Waals surface area contributed by atoms with Crippen LogP contribution in [0.25, 0.3) is 0 Å². The van der Waals surface area contributed by atoms with Gasteiger partial charge in [-0.3, -0.25) is 9.79 Å². The van der Waals surface area contributed by atoms with Gasteiger partial charge >= 0.3 is 6.18 Å². The maximum Gasteiger partial charge on any atom is 0.416 e. The first-order valence-corrected chi connectivity index (χ1v) is 8.49. The van der Waals surface area contributed by atoms with E-state index < -0.39 is 17.7 Å². The Bertz CT molecular complexity index is 714. The first-order valence-electron chi connectivity index (χ1n) is 7.70. The van der Waals surface area contributed by atoms with Gasteiger partial charge in [-0.15, -0.1) is 0 Å². The smallest absolute Gasteiger partial charge is 0.416 e. The van der Waals surface area contributed by atoms with Crippen molar-refractivity contribution in [3.63, 3.8) is 0 Å². The number of nitrogens with zero attached hydrogens (tertiary/aromatic N) is 1. The van der Waals surface area contributed by atoms with E-state index in [1.54, 1.807) is 7.05 Å². The number of nitrogens with one attached hydrogen (secondary N) is 1. The molecular formula is C17H18BrF3N2O2. The second-order valence-corrected chi connectivity index (χ2v) is 6.62. The molecule has 0 aromatic heterocycles. The van der Waals surface area contributed by atoms with Crippen LogP contribution in [-0.4, -0.2) is 37.2 Å². The highest BCUT2D eigenvalue weighted by atomic mass is 79.9. The molecule has 1 aliphatic rings. The van der Waals surface area contributed by atoms with Crippen molar-refractivity contribution < 1.29 is 23.1 Å². The second-order valence-electron chi connectivity index (χ2n) is 5.76. The Labute approximate surface area is 152 Å². The van der Waals surface area contributed by atoms with Crippen LogP contribution in [0.5, 0.6) is 0 Å². The molecule has 0 aliphatic heterocycles. The third-order valence-corrected chi connectivity index (χ3v) is 4.68. The van der Waals surface area contributed by atoms with Crippen LogP contribution < -0.4 is 5.32 Å². The highest BCUT2D eigenvalue weighted by Crippen LogP contribution is 2.39. The van der Waals surface area contributed by atoms with Crippen molar-refractivity contribution in [2.45, 2.75) is 24.9 Å². The van der Waals surface area contributed by atoms with Gasteiger partial charge in [0.2, 0.25) is 0 Å². The molecule has 0 spiro atoms. The molecule has 0 saturated carbocycles. The summed E-state index contributed by atoms with van der Waals surface area (Å²) in [5.74, 6) is -0.983. The summed E-state index contributed by atoms with van der Waals surface area (Å²) in [5, 5.41) is 13.1. The summed E-state index contributed by atoms with van der Waals surface area (Å²) in [6.45, 7) is 1.10. The number of aliphatic hydroxyl groups is 1. The minimum atomic E-state index is -4.46. The number of aliphatic hydroxyl groups excluding tert-OH is 1. The molecule has 1 aromatic rings. The summed E-state index contributed by atoms with van der Waals surface area (Å²) in [7, 11) is 1.77. The topological polar surface area (TPSA) is 61.7 Å². The molecule has 0 radical (unpaired) electrons. The van der Waals surface area contributed by atoms with Crippen LogP contribution >= 0.6 is 15.9 Å². The van der Waals surface area contributed by atoms with Crippen molar-refractivity contribution in [2.24, 2.45) is 4.99 Å². The third-order valence-electron chi connectivity index (χ3n) is 3.96. The fraction of sp³-hybridized carbons (Fsp3) is 0.412. The number of carbonyl (C=O) groups excluding carboxylic acids is 1. The molecule has 1 aromatic carbocycles. The summed E-state index contributed by atoms with van der Waals surface area (Å²) < 4.78 is 39.2. The first kappa shape index (κ1) is 19.7. The summed E-state index contributed by atoms with van der Waals surface area (Å²) in [6.07, 6.45) is -3.00. The quantitative estimate of drug-likeness (QED) is 0.560. The molecule has 25 heavy (non-hydrogen) atoms. The number of allylic oxidation sites excluding steroid dienone is 2. The van der Waals surface area contributed by atoms with Crippen molar-refractivity contribution in [2.75, 3.05) is 20.1 Å². The fourth-order valence-electron chi connectivity index (χ4n) is 2.64. The zero-order chi connectivity index (χ0) is 18.6. The number of rotatable bonds is 5. The van der Waals surface area contributed by atoms with Crippen molar-refractivity contribution >= 4 is 27.9 Å². The number of halogens is 4. The van der Waals surface area contributed by atoms with E-state index in [9.17, 15) is 23.1 Å². The number of likely N-dealkylation sites (N-methyl/N-ethyl adjacent to an activating group) is 1. The summed E-state index contributed by atoms with van der Waals surface area (Å²) >= 11 is 3.24. The molecule has 0 saturated heterocycles. The SMILES string of the molecule is CNCCN=CC1=C(O)CC(c2cc(C(F)(F)F)ccc2Br)CC1=O.